The Hall–Kier alpha value is -0.380. The van der Waals surface area contributed by atoms with Crippen molar-refractivity contribution in [2.45, 2.75) is 65.3 Å². The van der Waals surface area contributed by atoms with Gasteiger partial charge in [-0.2, -0.15) is 0 Å². The zero-order chi connectivity index (χ0) is 13.1. The van der Waals surface area contributed by atoms with Crippen molar-refractivity contribution in [2.75, 3.05) is 7.11 Å². The first-order valence-corrected chi connectivity index (χ1v) is 6.79. The van der Waals surface area contributed by atoms with Gasteiger partial charge in [-0.15, -0.1) is 0 Å². The first-order valence-electron chi connectivity index (χ1n) is 6.79. The summed E-state index contributed by atoms with van der Waals surface area (Å²) in [5.74, 6) is 0.488. The number of hydrogen-bond acceptors (Lipinski definition) is 3. The van der Waals surface area contributed by atoms with Gasteiger partial charge in [-0.1, -0.05) is 52.2 Å². The highest BCUT2D eigenvalue weighted by Crippen LogP contribution is 2.11. The molecule has 3 unspecified atom stereocenters. The lowest BCUT2D eigenvalue weighted by Crippen LogP contribution is -2.41. The zero-order valence-corrected chi connectivity index (χ0v) is 11.8. The first-order chi connectivity index (χ1) is 8.15. The molecule has 0 aromatic carbocycles. The Balaban J connectivity index is 4.09. The third-order valence-corrected chi connectivity index (χ3v) is 3.13. The van der Waals surface area contributed by atoms with E-state index >= 15 is 0 Å². The Morgan fingerprint density at radius 3 is 2.53 bits per heavy atom. The number of aliphatic hydroxyl groups excluding tert-OH is 1. The molecule has 0 bridgehead atoms. The highest BCUT2D eigenvalue weighted by molar-refractivity contribution is 4.95. The standard InChI is InChI=1S/C14H29NO2/c1-5-7-8-9-10-11-13(12(3)6-2)15-14(16)17-4/h10-16H,5-9H2,1-4H3. The Morgan fingerprint density at radius 1 is 1.29 bits per heavy atom. The molecule has 0 amide bonds. The van der Waals surface area contributed by atoms with Crippen molar-refractivity contribution >= 4 is 0 Å². The summed E-state index contributed by atoms with van der Waals surface area (Å²) in [6, 6.07) is 0.177. The van der Waals surface area contributed by atoms with Gasteiger partial charge in [0.15, 0.2) is 0 Å². The van der Waals surface area contributed by atoms with Gasteiger partial charge >= 0.3 is 0 Å². The molecule has 0 radical (unpaired) electrons. The van der Waals surface area contributed by atoms with E-state index in [9.17, 15) is 5.11 Å². The summed E-state index contributed by atoms with van der Waals surface area (Å²) in [4.78, 5) is 0. The van der Waals surface area contributed by atoms with Gasteiger partial charge in [0.1, 0.15) is 0 Å². The summed E-state index contributed by atoms with van der Waals surface area (Å²) in [7, 11) is 1.50. The van der Waals surface area contributed by atoms with Gasteiger partial charge in [0.2, 0.25) is 6.41 Å². The van der Waals surface area contributed by atoms with Gasteiger partial charge in [-0.25, -0.2) is 0 Å². The Kier molecular flexibility index (Phi) is 10.5. The average molecular weight is 243 g/mol. The fraction of sp³-hybridized carbons (Fsp3) is 0.857. The zero-order valence-electron chi connectivity index (χ0n) is 11.8. The van der Waals surface area contributed by atoms with Gasteiger partial charge in [0, 0.05) is 13.2 Å². The molecule has 0 aliphatic carbocycles. The van der Waals surface area contributed by atoms with Crippen LogP contribution in [-0.4, -0.2) is 24.7 Å². The molecule has 0 aliphatic rings. The van der Waals surface area contributed by atoms with Crippen LogP contribution in [0.2, 0.25) is 0 Å². The summed E-state index contributed by atoms with van der Waals surface area (Å²) >= 11 is 0. The summed E-state index contributed by atoms with van der Waals surface area (Å²) in [6.45, 7) is 6.54. The van der Waals surface area contributed by atoms with E-state index in [0.29, 0.717) is 5.92 Å². The van der Waals surface area contributed by atoms with Crippen molar-refractivity contribution in [3.8, 4) is 0 Å². The number of allylic oxidation sites excluding steroid dienone is 1. The number of aliphatic hydroxyl groups is 1. The van der Waals surface area contributed by atoms with E-state index in [1.165, 1.54) is 26.4 Å². The lowest BCUT2D eigenvalue weighted by atomic mass is 9.98. The van der Waals surface area contributed by atoms with Crippen LogP contribution in [0, 0.1) is 5.92 Å². The second-order valence-corrected chi connectivity index (χ2v) is 4.59. The summed E-state index contributed by atoms with van der Waals surface area (Å²) in [5.41, 5.74) is 0. The second kappa shape index (κ2) is 10.8. The molecule has 3 atom stereocenters. The van der Waals surface area contributed by atoms with E-state index in [2.05, 4.69) is 38.2 Å². The SMILES string of the molecule is CCCCCC=CC(NC(O)OC)C(C)CC. The molecular formula is C14H29NO2. The monoisotopic (exact) mass is 243 g/mol. The maximum atomic E-state index is 9.45. The minimum Gasteiger partial charge on any atom is -0.356 e. The quantitative estimate of drug-likeness (QED) is 0.352. The van der Waals surface area contributed by atoms with Crippen LogP contribution >= 0.6 is 0 Å². The Labute approximate surface area is 106 Å². The Morgan fingerprint density at radius 2 is 2.00 bits per heavy atom. The molecule has 0 saturated carbocycles. The van der Waals surface area contributed by atoms with E-state index in [-0.39, 0.29) is 6.04 Å². The summed E-state index contributed by atoms with van der Waals surface area (Å²) in [6.07, 6.45) is 9.46. The molecule has 0 aromatic rings. The number of unbranched alkanes of at least 4 members (excludes halogenated alkanes) is 3. The van der Waals surface area contributed by atoms with E-state index in [1.807, 2.05) is 0 Å². The molecule has 17 heavy (non-hydrogen) atoms. The molecule has 0 saturated heterocycles. The minimum absolute atomic E-state index is 0.177. The maximum absolute atomic E-state index is 9.45. The number of hydrogen-bond donors (Lipinski definition) is 2. The van der Waals surface area contributed by atoms with Gasteiger partial charge in [-0.3, -0.25) is 5.32 Å². The fourth-order valence-corrected chi connectivity index (χ4v) is 1.65. The smallest absolute Gasteiger partial charge is 0.213 e. The van der Waals surface area contributed by atoms with Crippen LogP contribution in [0.3, 0.4) is 0 Å². The van der Waals surface area contributed by atoms with E-state index in [4.69, 9.17) is 4.74 Å². The van der Waals surface area contributed by atoms with Crippen molar-refractivity contribution in [2.24, 2.45) is 5.92 Å². The first kappa shape index (κ1) is 16.6. The lowest BCUT2D eigenvalue weighted by molar-refractivity contribution is -0.103. The van der Waals surface area contributed by atoms with Gasteiger partial charge in [0.05, 0.1) is 0 Å². The van der Waals surface area contributed by atoms with Gasteiger partial charge < -0.3 is 9.84 Å². The van der Waals surface area contributed by atoms with Gasteiger partial charge in [-0.05, 0) is 18.8 Å². The summed E-state index contributed by atoms with van der Waals surface area (Å²) in [5, 5.41) is 12.5. The molecule has 0 rings (SSSR count). The number of methoxy groups -OCH3 is 1. The van der Waals surface area contributed by atoms with Gasteiger partial charge in [0.25, 0.3) is 0 Å². The molecule has 0 heterocycles. The number of rotatable bonds is 10. The fourth-order valence-electron chi connectivity index (χ4n) is 1.65. The molecule has 0 aliphatic heterocycles. The third-order valence-electron chi connectivity index (χ3n) is 3.13. The topological polar surface area (TPSA) is 41.5 Å². The van der Waals surface area contributed by atoms with Crippen molar-refractivity contribution in [3.05, 3.63) is 12.2 Å². The molecule has 0 fully saturated rings. The van der Waals surface area contributed by atoms with Crippen molar-refractivity contribution in [1.82, 2.24) is 5.32 Å². The highest BCUT2D eigenvalue weighted by Gasteiger charge is 2.15. The lowest BCUT2D eigenvalue weighted by Gasteiger charge is -2.23. The molecule has 0 spiro atoms. The van der Waals surface area contributed by atoms with E-state index in [0.717, 1.165) is 12.8 Å². The molecular weight excluding hydrogens is 214 g/mol. The van der Waals surface area contributed by atoms with Crippen LogP contribution < -0.4 is 5.32 Å². The molecule has 102 valence electrons. The van der Waals surface area contributed by atoms with Crippen LogP contribution in [0.5, 0.6) is 0 Å². The largest absolute Gasteiger partial charge is 0.356 e. The molecule has 0 aromatic heterocycles. The van der Waals surface area contributed by atoms with E-state index in [1.54, 1.807) is 0 Å². The minimum atomic E-state index is -0.880. The Bertz CT molecular complexity index is 195. The molecule has 2 N–H and O–H groups in total. The molecule has 3 heteroatoms. The maximum Gasteiger partial charge on any atom is 0.213 e. The summed E-state index contributed by atoms with van der Waals surface area (Å²) < 4.78 is 4.83. The van der Waals surface area contributed by atoms with Crippen LogP contribution in [0.4, 0.5) is 0 Å². The normalized spacial score (nSPS) is 17.2. The predicted octanol–water partition coefficient (Wildman–Crippen LogP) is 3.05. The van der Waals surface area contributed by atoms with Crippen LogP contribution in [0.15, 0.2) is 12.2 Å². The van der Waals surface area contributed by atoms with Crippen molar-refractivity contribution in [1.29, 1.82) is 0 Å². The van der Waals surface area contributed by atoms with Crippen LogP contribution in [0.25, 0.3) is 0 Å². The average Bonchev–Trinajstić information content (AvgIpc) is 2.35. The predicted molar refractivity (Wildman–Crippen MR) is 72.7 cm³/mol. The van der Waals surface area contributed by atoms with Crippen molar-refractivity contribution < 1.29 is 9.84 Å². The third kappa shape index (κ3) is 8.36. The number of nitrogens with one attached hydrogen (secondary N) is 1. The van der Waals surface area contributed by atoms with Crippen molar-refractivity contribution in [3.63, 3.8) is 0 Å². The van der Waals surface area contributed by atoms with Crippen LogP contribution in [-0.2, 0) is 4.74 Å². The number of ether oxygens (including phenoxy) is 1. The second-order valence-electron chi connectivity index (χ2n) is 4.59. The highest BCUT2D eigenvalue weighted by atomic mass is 16.6. The van der Waals surface area contributed by atoms with Crippen LogP contribution in [0.1, 0.15) is 52.9 Å². The van der Waals surface area contributed by atoms with E-state index < -0.39 is 6.41 Å². The molecule has 3 nitrogen and oxygen atoms in total.